The molecule has 0 saturated carbocycles. The number of allylic oxidation sites excluding steroid dienone is 3. The summed E-state index contributed by atoms with van der Waals surface area (Å²) in [6.45, 7) is 17.3. The Morgan fingerprint density at radius 3 is 2.00 bits per heavy atom. The highest BCUT2D eigenvalue weighted by Crippen LogP contribution is 2.30. The van der Waals surface area contributed by atoms with Crippen molar-refractivity contribution in [2.75, 3.05) is 0 Å². The molecule has 0 aliphatic rings. The fourth-order valence-corrected chi connectivity index (χ4v) is 6.86. The van der Waals surface area contributed by atoms with E-state index in [1.807, 2.05) is 6.92 Å². The lowest BCUT2D eigenvalue weighted by atomic mass is 10.1. The maximum Gasteiger partial charge on any atom is 0.330 e. The Labute approximate surface area is 137 Å². The molecule has 22 heavy (non-hydrogen) atoms. The van der Waals surface area contributed by atoms with Gasteiger partial charge in [0.25, 0.3) is 0 Å². The van der Waals surface area contributed by atoms with Crippen LogP contribution in [0.25, 0.3) is 0 Å². The first kappa shape index (κ1) is 20.6. The second-order valence-electron chi connectivity index (χ2n) is 5.90. The number of ether oxygens (including phenoxy) is 1. The largest absolute Gasteiger partial charge is 0.459 e. The zero-order valence-electron chi connectivity index (χ0n) is 14.2. The molecule has 1 atom stereocenters. The quantitative estimate of drug-likeness (QED) is 0.135. The van der Waals surface area contributed by atoms with E-state index in [2.05, 4.69) is 44.5 Å². The molecule has 0 aromatic heterocycles. The Morgan fingerprint density at radius 2 is 1.59 bits per heavy atom. The average Bonchev–Trinajstić information content (AvgIpc) is 2.50. The second-order valence-corrected chi connectivity index (χ2v) is 10.6. The topological polar surface area (TPSA) is 26.3 Å². The Morgan fingerprint density at radius 1 is 1.05 bits per heavy atom. The number of esters is 1. The van der Waals surface area contributed by atoms with Crippen molar-refractivity contribution in [3.05, 3.63) is 50.6 Å². The molecule has 0 rings (SSSR count). The molecule has 1 unspecified atom stereocenters. The molecular formula is C19H32O2Si. The number of hydrogen-bond acceptors (Lipinski definition) is 2. The van der Waals surface area contributed by atoms with E-state index in [0.717, 1.165) is 37.4 Å². The summed E-state index contributed by atoms with van der Waals surface area (Å²) in [6.07, 6.45) is 11.5. The first-order valence-electron chi connectivity index (χ1n) is 8.23. The Hall–Kier alpha value is -1.35. The summed E-state index contributed by atoms with van der Waals surface area (Å²) in [6, 6.07) is 4.61. The van der Waals surface area contributed by atoms with Gasteiger partial charge in [0.1, 0.15) is 6.10 Å². The normalized spacial score (nSPS) is 12.2. The van der Waals surface area contributed by atoms with Gasteiger partial charge in [-0.05, 0) is 31.0 Å². The van der Waals surface area contributed by atoms with E-state index in [9.17, 15) is 4.79 Å². The molecule has 0 fully saturated rings. The standard InChI is InChI=1S/C19H32O2Si/c1-6-14-22(15-7-2,16-8-3)17-12-11-13-18(9-4)21-19(20)10-5/h6-8,10,18H,1-3,5,9,11-17H2,4H3. The Bertz CT molecular complexity index is 347. The summed E-state index contributed by atoms with van der Waals surface area (Å²) in [5.74, 6) is -0.319. The lowest BCUT2D eigenvalue weighted by Gasteiger charge is -2.29. The van der Waals surface area contributed by atoms with Crippen LogP contribution in [0.4, 0.5) is 0 Å². The summed E-state index contributed by atoms with van der Waals surface area (Å²) in [5, 5.41) is 0. The van der Waals surface area contributed by atoms with E-state index < -0.39 is 8.07 Å². The zero-order chi connectivity index (χ0) is 16.8. The molecule has 0 N–H and O–H groups in total. The molecule has 0 aromatic carbocycles. The molecule has 0 aliphatic carbocycles. The number of unbranched alkanes of at least 4 members (excludes halogenated alkanes) is 1. The van der Waals surface area contributed by atoms with Crippen molar-refractivity contribution in [1.82, 2.24) is 0 Å². The Balaban J connectivity index is 4.38. The predicted octanol–water partition coefficient (Wildman–Crippen LogP) is 5.67. The highest BCUT2D eigenvalue weighted by molar-refractivity contribution is 6.81. The smallest absolute Gasteiger partial charge is 0.330 e. The van der Waals surface area contributed by atoms with Crippen LogP contribution < -0.4 is 0 Å². The third-order valence-electron chi connectivity index (χ3n) is 4.12. The fourth-order valence-electron chi connectivity index (χ4n) is 2.91. The summed E-state index contributed by atoms with van der Waals surface area (Å²) in [5.41, 5.74) is 0. The minimum absolute atomic E-state index is 0.0137. The number of carbonyl (C=O) groups is 1. The minimum atomic E-state index is -1.39. The van der Waals surface area contributed by atoms with Crippen molar-refractivity contribution in [3.8, 4) is 0 Å². The first-order chi connectivity index (χ1) is 10.6. The van der Waals surface area contributed by atoms with Gasteiger partial charge in [-0.1, -0.05) is 50.6 Å². The van der Waals surface area contributed by atoms with Crippen LogP contribution in [0.2, 0.25) is 24.2 Å². The SMILES string of the molecule is C=CC[Si](CC=C)(CC=C)CCCCC(CC)OC(=O)C=C. The van der Waals surface area contributed by atoms with E-state index in [4.69, 9.17) is 4.74 Å². The predicted molar refractivity (Wildman–Crippen MR) is 99.8 cm³/mol. The van der Waals surface area contributed by atoms with Crippen LogP contribution in [0.1, 0.15) is 32.6 Å². The van der Waals surface area contributed by atoms with Gasteiger partial charge in [0, 0.05) is 6.08 Å². The van der Waals surface area contributed by atoms with E-state index in [1.54, 1.807) is 0 Å². The third kappa shape index (κ3) is 8.18. The van der Waals surface area contributed by atoms with Crippen LogP contribution in [-0.4, -0.2) is 20.1 Å². The molecule has 0 aliphatic heterocycles. The number of carbonyl (C=O) groups excluding carboxylic acids is 1. The summed E-state index contributed by atoms with van der Waals surface area (Å²) < 4.78 is 5.33. The molecule has 0 amide bonds. The van der Waals surface area contributed by atoms with Crippen molar-refractivity contribution in [3.63, 3.8) is 0 Å². The maximum atomic E-state index is 11.3. The van der Waals surface area contributed by atoms with Crippen LogP contribution in [0.15, 0.2) is 50.6 Å². The van der Waals surface area contributed by atoms with Gasteiger partial charge in [0.05, 0.1) is 8.07 Å². The van der Waals surface area contributed by atoms with E-state index in [0.29, 0.717) is 0 Å². The van der Waals surface area contributed by atoms with Crippen molar-refractivity contribution >= 4 is 14.0 Å². The van der Waals surface area contributed by atoms with Crippen molar-refractivity contribution in [2.24, 2.45) is 0 Å². The lowest BCUT2D eigenvalue weighted by molar-refractivity contribution is -0.143. The van der Waals surface area contributed by atoms with Gasteiger partial charge in [-0.25, -0.2) is 4.79 Å². The average molecular weight is 321 g/mol. The van der Waals surface area contributed by atoms with Crippen molar-refractivity contribution < 1.29 is 9.53 Å². The van der Waals surface area contributed by atoms with Gasteiger partial charge in [0.15, 0.2) is 0 Å². The molecular weight excluding hydrogens is 288 g/mol. The molecule has 0 spiro atoms. The van der Waals surface area contributed by atoms with Gasteiger partial charge >= 0.3 is 5.97 Å². The van der Waals surface area contributed by atoms with Crippen LogP contribution >= 0.6 is 0 Å². The zero-order valence-corrected chi connectivity index (χ0v) is 15.2. The highest BCUT2D eigenvalue weighted by Gasteiger charge is 2.28. The minimum Gasteiger partial charge on any atom is -0.459 e. The number of hydrogen-bond donors (Lipinski definition) is 0. The molecule has 0 radical (unpaired) electrons. The van der Waals surface area contributed by atoms with Gasteiger partial charge in [0.2, 0.25) is 0 Å². The van der Waals surface area contributed by atoms with Crippen LogP contribution in [0.3, 0.4) is 0 Å². The molecule has 0 aromatic rings. The van der Waals surface area contributed by atoms with Gasteiger partial charge in [-0.2, -0.15) is 0 Å². The Kier molecular flexibility index (Phi) is 11.5. The number of rotatable bonds is 14. The van der Waals surface area contributed by atoms with Gasteiger partial charge in [-0.15, -0.1) is 19.7 Å². The van der Waals surface area contributed by atoms with Crippen molar-refractivity contribution in [2.45, 2.75) is 62.9 Å². The summed E-state index contributed by atoms with van der Waals surface area (Å²) in [7, 11) is -1.39. The van der Waals surface area contributed by atoms with Crippen LogP contribution in [-0.2, 0) is 9.53 Å². The van der Waals surface area contributed by atoms with E-state index >= 15 is 0 Å². The van der Waals surface area contributed by atoms with Gasteiger partial charge in [-0.3, -0.25) is 0 Å². The van der Waals surface area contributed by atoms with E-state index in [-0.39, 0.29) is 12.1 Å². The molecule has 0 saturated heterocycles. The van der Waals surface area contributed by atoms with E-state index in [1.165, 1.54) is 18.5 Å². The van der Waals surface area contributed by atoms with Gasteiger partial charge < -0.3 is 4.74 Å². The molecule has 124 valence electrons. The maximum absolute atomic E-state index is 11.3. The second kappa shape index (κ2) is 12.2. The lowest BCUT2D eigenvalue weighted by Crippen LogP contribution is -2.31. The van der Waals surface area contributed by atoms with Crippen LogP contribution in [0, 0.1) is 0 Å². The molecule has 3 heteroatoms. The highest BCUT2D eigenvalue weighted by atomic mass is 28.3. The monoisotopic (exact) mass is 320 g/mol. The summed E-state index contributed by atoms with van der Waals surface area (Å²) >= 11 is 0. The first-order valence-corrected chi connectivity index (χ1v) is 11.1. The molecule has 0 heterocycles. The van der Waals surface area contributed by atoms with Crippen molar-refractivity contribution in [1.29, 1.82) is 0 Å². The molecule has 0 bridgehead atoms. The summed E-state index contributed by atoms with van der Waals surface area (Å²) in [4.78, 5) is 11.3. The molecule has 2 nitrogen and oxygen atoms in total. The third-order valence-corrected chi connectivity index (χ3v) is 9.00. The fraction of sp³-hybridized carbons (Fsp3) is 0.526. The van der Waals surface area contributed by atoms with Crippen LogP contribution in [0.5, 0.6) is 0 Å².